The second-order valence-electron chi connectivity index (χ2n) is 4.29. The van der Waals surface area contributed by atoms with Gasteiger partial charge in [0.1, 0.15) is 0 Å². The van der Waals surface area contributed by atoms with Gasteiger partial charge in [0.05, 0.1) is 0 Å². The van der Waals surface area contributed by atoms with Crippen LogP contribution in [0.3, 0.4) is 0 Å². The zero-order chi connectivity index (χ0) is 13.9. The van der Waals surface area contributed by atoms with E-state index in [1.165, 1.54) is 0 Å². The topological polar surface area (TPSA) is 50.2 Å². The first-order valence-corrected chi connectivity index (χ1v) is 6.93. The molecule has 3 rings (SSSR count). The van der Waals surface area contributed by atoms with E-state index < -0.39 is 5.97 Å². The summed E-state index contributed by atoms with van der Waals surface area (Å²) < 4.78 is 3.97. The van der Waals surface area contributed by atoms with Crippen molar-refractivity contribution < 1.29 is 9.90 Å². The molecule has 3 aromatic rings. The molecule has 2 aromatic carbocycles. The minimum absolute atomic E-state index is 0.110. The number of hydrogen-bond donors (Lipinski definition) is 1. The third-order valence-electron chi connectivity index (χ3n) is 3.07. The molecule has 1 N–H and O–H groups in total. The van der Waals surface area contributed by atoms with Gasteiger partial charge in [0.25, 0.3) is 0 Å². The average Bonchev–Trinajstić information content (AvgIpc) is 2.98. The highest BCUT2D eigenvalue weighted by atomic mass is 32.1. The van der Waals surface area contributed by atoms with E-state index in [1.807, 2.05) is 54.6 Å². The van der Waals surface area contributed by atoms with Crippen LogP contribution in [0.25, 0.3) is 22.3 Å². The van der Waals surface area contributed by atoms with Gasteiger partial charge in [0.15, 0.2) is 5.69 Å². The molecule has 1 aromatic heterocycles. The van der Waals surface area contributed by atoms with Crippen LogP contribution in [-0.2, 0) is 0 Å². The molecular weight excluding hydrogens is 270 g/mol. The first-order valence-electron chi connectivity index (χ1n) is 6.10. The molecule has 0 spiro atoms. The molecule has 0 unspecified atom stereocenters. The van der Waals surface area contributed by atoms with Crippen molar-refractivity contribution in [3.05, 3.63) is 65.7 Å². The third kappa shape index (κ3) is 2.21. The Morgan fingerprint density at radius 3 is 2.25 bits per heavy atom. The van der Waals surface area contributed by atoms with Gasteiger partial charge in [-0.15, -0.1) is 0 Å². The van der Waals surface area contributed by atoms with Gasteiger partial charge in [-0.3, -0.25) is 0 Å². The van der Waals surface area contributed by atoms with Crippen LogP contribution in [-0.4, -0.2) is 15.4 Å². The van der Waals surface area contributed by atoms with Gasteiger partial charge < -0.3 is 5.11 Å². The van der Waals surface area contributed by atoms with Crippen LogP contribution in [0, 0.1) is 0 Å². The van der Waals surface area contributed by atoms with Crippen molar-refractivity contribution in [2.45, 2.75) is 0 Å². The van der Waals surface area contributed by atoms with Crippen LogP contribution < -0.4 is 0 Å². The van der Waals surface area contributed by atoms with Crippen molar-refractivity contribution in [1.29, 1.82) is 0 Å². The van der Waals surface area contributed by atoms with E-state index in [0.717, 1.165) is 28.2 Å². The van der Waals surface area contributed by atoms with Gasteiger partial charge in [-0.1, -0.05) is 54.6 Å². The van der Waals surface area contributed by atoms with Crippen LogP contribution in [0.1, 0.15) is 10.5 Å². The van der Waals surface area contributed by atoms with Crippen molar-refractivity contribution in [2.75, 3.05) is 0 Å². The summed E-state index contributed by atoms with van der Waals surface area (Å²) in [5.74, 6) is -0.996. The smallest absolute Gasteiger partial charge is 0.356 e. The van der Waals surface area contributed by atoms with Crippen LogP contribution in [0.15, 0.2) is 60.0 Å². The molecule has 0 bridgehead atoms. The Balaban J connectivity index is 2.21. The maximum Gasteiger partial charge on any atom is 0.356 e. The Hall–Kier alpha value is -2.46. The third-order valence-corrected chi connectivity index (χ3v) is 3.70. The minimum atomic E-state index is -0.996. The molecule has 0 atom stereocenters. The van der Waals surface area contributed by atoms with Crippen LogP contribution in [0.2, 0.25) is 0 Å². The summed E-state index contributed by atoms with van der Waals surface area (Å²) >= 11 is 1.16. The number of carbonyl (C=O) groups is 1. The SMILES string of the molecule is O=C(O)c1nscc1-c1ccccc1-c1ccccc1. The number of hydrogen-bond acceptors (Lipinski definition) is 3. The van der Waals surface area contributed by atoms with Crippen molar-refractivity contribution in [1.82, 2.24) is 4.37 Å². The van der Waals surface area contributed by atoms with Gasteiger partial charge in [-0.05, 0) is 28.2 Å². The van der Waals surface area contributed by atoms with Gasteiger partial charge >= 0.3 is 5.97 Å². The molecule has 0 saturated carbocycles. The van der Waals surface area contributed by atoms with Crippen molar-refractivity contribution in [3.8, 4) is 22.3 Å². The number of aromatic nitrogens is 1. The Morgan fingerprint density at radius 1 is 0.900 bits per heavy atom. The molecule has 0 aliphatic heterocycles. The first-order chi connectivity index (χ1) is 9.77. The fourth-order valence-electron chi connectivity index (χ4n) is 2.17. The summed E-state index contributed by atoms with van der Waals surface area (Å²) in [5.41, 5.74) is 3.74. The Kier molecular flexibility index (Phi) is 3.31. The van der Waals surface area contributed by atoms with E-state index >= 15 is 0 Å². The van der Waals surface area contributed by atoms with E-state index in [2.05, 4.69) is 4.37 Å². The molecule has 0 aliphatic carbocycles. The second-order valence-corrected chi connectivity index (χ2v) is 4.92. The molecule has 98 valence electrons. The highest BCUT2D eigenvalue weighted by molar-refractivity contribution is 7.04. The molecular formula is C16H11NO2S. The second kappa shape index (κ2) is 5.27. The number of carboxylic acids is 1. The van der Waals surface area contributed by atoms with E-state index in [4.69, 9.17) is 0 Å². The lowest BCUT2D eigenvalue weighted by Gasteiger charge is -2.09. The lowest BCUT2D eigenvalue weighted by molar-refractivity contribution is 0.0693. The monoisotopic (exact) mass is 281 g/mol. The van der Waals surface area contributed by atoms with Crippen LogP contribution >= 0.6 is 11.5 Å². The van der Waals surface area contributed by atoms with E-state index in [1.54, 1.807) is 5.38 Å². The predicted molar refractivity (Wildman–Crippen MR) is 79.9 cm³/mol. The van der Waals surface area contributed by atoms with Crippen molar-refractivity contribution >= 4 is 17.5 Å². The quantitative estimate of drug-likeness (QED) is 0.783. The molecule has 0 saturated heterocycles. The van der Waals surface area contributed by atoms with Gasteiger partial charge in [-0.2, -0.15) is 4.37 Å². The molecule has 0 amide bonds. The molecule has 1 heterocycles. The molecule has 0 fully saturated rings. The molecule has 20 heavy (non-hydrogen) atoms. The highest BCUT2D eigenvalue weighted by Gasteiger charge is 2.17. The highest BCUT2D eigenvalue weighted by Crippen LogP contribution is 2.34. The Morgan fingerprint density at radius 2 is 1.55 bits per heavy atom. The maximum atomic E-state index is 11.2. The number of benzene rings is 2. The summed E-state index contributed by atoms with van der Waals surface area (Å²) in [6, 6.07) is 17.7. The minimum Gasteiger partial charge on any atom is -0.476 e. The van der Waals surface area contributed by atoms with Gasteiger partial charge in [0.2, 0.25) is 0 Å². The Labute approximate surface area is 120 Å². The molecule has 4 heteroatoms. The molecule has 0 radical (unpaired) electrons. The van der Waals surface area contributed by atoms with Crippen molar-refractivity contribution in [2.24, 2.45) is 0 Å². The van der Waals surface area contributed by atoms with Gasteiger partial charge in [-0.25, -0.2) is 4.79 Å². The summed E-state index contributed by atoms with van der Waals surface area (Å²) in [7, 11) is 0. The number of nitrogens with zero attached hydrogens (tertiary/aromatic N) is 1. The van der Waals surface area contributed by atoms with E-state index in [0.29, 0.717) is 5.56 Å². The van der Waals surface area contributed by atoms with E-state index in [9.17, 15) is 9.90 Å². The largest absolute Gasteiger partial charge is 0.476 e. The number of rotatable bonds is 3. The number of carboxylic acid groups (broad SMARTS) is 1. The molecule has 3 nitrogen and oxygen atoms in total. The first kappa shape index (κ1) is 12.6. The summed E-state index contributed by atoms with van der Waals surface area (Å²) in [4.78, 5) is 11.2. The molecule has 0 aliphatic rings. The van der Waals surface area contributed by atoms with E-state index in [-0.39, 0.29) is 5.69 Å². The van der Waals surface area contributed by atoms with Crippen LogP contribution in [0.5, 0.6) is 0 Å². The lowest BCUT2D eigenvalue weighted by Crippen LogP contribution is -1.99. The maximum absolute atomic E-state index is 11.2. The summed E-state index contributed by atoms with van der Waals surface area (Å²) in [6.07, 6.45) is 0. The normalized spacial score (nSPS) is 10.4. The summed E-state index contributed by atoms with van der Waals surface area (Å²) in [6.45, 7) is 0. The zero-order valence-electron chi connectivity index (χ0n) is 10.5. The summed E-state index contributed by atoms with van der Waals surface area (Å²) in [5, 5.41) is 11.0. The lowest BCUT2D eigenvalue weighted by atomic mass is 9.95. The van der Waals surface area contributed by atoms with Gasteiger partial charge in [0, 0.05) is 10.9 Å². The predicted octanol–water partition coefficient (Wildman–Crippen LogP) is 4.18. The van der Waals surface area contributed by atoms with Crippen molar-refractivity contribution in [3.63, 3.8) is 0 Å². The standard InChI is InChI=1S/C16H11NO2S/c18-16(19)15-14(10-20-17-15)13-9-5-4-8-12(13)11-6-2-1-3-7-11/h1-10H,(H,18,19). The Bertz CT molecular complexity index is 750. The number of aromatic carboxylic acids is 1. The zero-order valence-corrected chi connectivity index (χ0v) is 11.3. The van der Waals surface area contributed by atoms with Crippen LogP contribution in [0.4, 0.5) is 0 Å². The fraction of sp³-hybridized carbons (Fsp3) is 0. The average molecular weight is 281 g/mol. The fourth-order valence-corrected chi connectivity index (χ4v) is 2.85.